The molecule has 6 aromatic carbocycles. The zero-order valence-corrected chi connectivity index (χ0v) is 24.9. The average Bonchev–Trinajstić information content (AvgIpc) is 3.05. The molecule has 0 amide bonds. The van der Waals surface area contributed by atoms with Gasteiger partial charge in [-0.15, -0.1) is 0 Å². The third-order valence-electron chi connectivity index (χ3n) is 8.67. The van der Waals surface area contributed by atoms with Crippen molar-refractivity contribution in [2.24, 2.45) is 0 Å². The molecule has 0 atom stereocenters. The molecule has 0 saturated heterocycles. The van der Waals surface area contributed by atoms with E-state index in [1.54, 1.807) is 0 Å². The van der Waals surface area contributed by atoms with Crippen LogP contribution in [0.3, 0.4) is 0 Å². The van der Waals surface area contributed by atoms with E-state index >= 15 is 0 Å². The van der Waals surface area contributed by atoms with Crippen molar-refractivity contribution >= 4 is 46.4 Å². The van der Waals surface area contributed by atoms with E-state index in [2.05, 4.69) is 189 Å². The second-order valence-corrected chi connectivity index (χ2v) is 19.5. The second kappa shape index (κ2) is 11.7. The van der Waals surface area contributed by atoms with Gasteiger partial charge in [0.05, 0.1) is 0 Å². The van der Waals surface area contributed by atoms with Crippen LogP contribution >= 0.6 is 14.5 Å². The van der Waals surface area contributed by atoms with E-state index in [1.165, 1.54) is 31.8 Å². The Bertz CT molecular complexity index is 1300. The first-order valence-electron chi connectivity index (χ1n) is 14.1. The molecule has 0 radical (unpaired) electrons. The molecule has 0 fully saturated rings. The molecule has 0 aliphatic heterocycles. The van der Waals surface area contributed by atoms with Crippen LogP contribution < -0.4 is 31.8 Å². The Kier molecular flexibility index (Phi) is 7.75. The first-order chi connectivity index (χ1) is 19.8. The third kappa shape index (κ3) is 4.43. The van der Waals surface area contributed by atoms with Crippen molar-refractivity contribution in [1.29, 1.82) is 0 Å². The van der Waals surface area contributed by atoms with Crippen LogP contribution in [0.2, 0.25) is 0 Å². The Morgan fingerprint density at radius 3 is 0.575 bits per heavy atom. The normalized spacial score (nSPS) is 13.3. The second-order valence-electron chi connectivity index (χ2n) is 10.5. The summed E-state index contributed by atoms with van der Waals surface area (Å²) >= 11 is 0. The van der Waals surface area contributed by atoms with Gasteiger partial charge in [-0.3, -0.25) is 0 Å². The van der Waals surface area contributed by atoms with Gasteiger partial charge in [-0.1, -0.05) is 0 Å². The van der Waals surface area contributed by atoms with Crippen molar-refractivity contribution in [1.82, 2.24) is 0 Å². The van der Waals surface area contributed by atoms with Crippen LogP contribution in [0.4, 0.5) is 0 Å². The summed E-state index contributed by atoms with van der Waals surface area (Å²) in [5.74, 6) is 0. The number of rotatable bonds is 8. The Labute approximate surface area is 240 Å². The standard InChI is InChI=1S/C38H36P2/c1-32(39(33-20-8-2-9-21-33,34-22-10-3-11-23-34)35-24-12-4-13-25-35)40(36-26-14-5-15-27-36,37-28-16-6-17-29-37)38-30-18-7-19-31-38/h2-32,39-40H,1H3. The monoisotopic (exact) mass is 554 g/mol. The zero-order chi connectivity index (χ0) is 27.3. The molecular weight excluding hydrogens is 518 g/mol. The van der Waals surface area contributed by atoms with Crippen molar-refractivity contribution < 1.29 is 0 Å². The van der Waals surface area contributed by atoms with Gasteiger partial charge in [-0.25, -0.2) is 0 Å². The molecule has 198 valence electrons. The van der Waals surface area contributed by atoms with Gasteiger partial charge in [0.2, 0.25) is 0 Å². The van der Waals surface area contributed by atoms with Crippen molar-refractivity contribution in [3.8, 4) is 0 Å². The quantitative estimate of drug-likeness (QED) is 0.182. The minimum atomic E-state index is -2.65. The Hall–Kier alpha value is -3.82. The van der Waals surface area contributed by atoms with Gasteiger partial charge in [0, 0.05) is 0 Å². The van der Waals surface area contributed by atoms with Crippen LogP contribution in [-0.4, -0.2) is 5.40 Å². The first-order valence-corrected chi connectivity index (χ1v) is 18.3. The van der Waals surface area contributed by atoms with Gasteiger partial charge >= 0.3 is 241 Å². The summed E-state index contributed by atoms with van der Waals surface area (Å²) in [6.07, 6.45) is 0. The topological polar surface area (TPSA) is 0 Å². The average molecular weight is 555 g/mol. The maximum atomic E-state index is 2.58. The fraction of sp³-hybridized carbons (Fsp3) is 0.0526. The van der Waals surface area contributed by atoms with Gasteiger partial charge in [0.15, 0.2) is 0 Å². The molecule has 0 heterocycles. The van der Waals surface area contributed by atoms with Gasteiger partial charge in [-0.2, -0.15) is 0 Å². The molecular formula is C38H36P2. The van der Waals surface area contributed by atoms with E-state index in [0.29, 0.717) is 5.40 Å². The van der Waals surface area contributed by atoms with E-state index in [4.69, 9.17) is 0 Å². The molecule has 40 heavy (non-hydrogen) atoms. The molecule has 0 unspecified atom stereocenters. The van der Waals surface area contributed by atoms with Crippen LogP contribution in [0.25, 0.3) is 0 Å². The number of hydrogen-bond donors (Lipinski definition) is 0. The van der Waals surface area contributed by atoms with Crippen LogP contribution in [0.1, 0.15) is 6.92 Å². The van der Waals surface area contributed by atoms with Crippen LogP contribution in [0.15, 0.2) is 182 Å². The summed E-state index contributed by atoms with van der Waals surface area (Å²) in [6, 6.07) is 68.4. The summed E-state index contributed by atoms with van der Waals surface area (Å²) in [7, 11) is -5.30. The Morgan fingerprint density at radius 2 is 0.425 bits per heavy atom. The van der Waals surface area contributed by atoms with Crippen LogP contribution in [-0.2, 0) is 0 Å². The summed E-state index contributed by atoms with van der Waals surface area (Å²) in [4.78, 5) is 0. The fourth-order valence-corrected chi connectivity index (χ4v) is 21.9. The Balaban J connectivity index is 1.81. The van der Waals surface area contributed by atoms with Crippen LogP contribution in [0, 0.1) is 0 Å². The Morgan fingerprint density at radius 1 is 0.275 bits per heavy atom. The molecule has 0 aromatic heterocycles. The van der Waals surface area contributed by atoms with Crippen molar-refractivity contribution in [3.63, 3.8) is 0 Å². The zero-order valence-electron chi connectivity index (χ0n) is 22.9. The molecule has 0 aliphatic rings. The third-order valence-corrected chi connectivity index (χ3v) is 21.3. The van der Waals surface area contributed by atoms with Gasteiger partial charge in [0.25, 0.3) is 0 Å². The summed E-state index contributed by atoms with van der Waals surface area (Å²) in [5, 5.41) is 9.08. The minimum absolute atomic E-state index is 0.333. The molecule has 0 bridgehead atoms. The van der Waals surface area contributed by atoms with E-state index in [9.17, 15) is 0 Å². The maximum absolute atomic E-state index is 2.65. The number of hydrogen-bond acceptors (Lipinski definition) is 0. The SMILES string of the molecule is CC([PH](c1ccccc1)(c1ccccc1)c1ccccc1)[PH](c1ccccc1)(c1ccccc1)c1ccccc1. The van der Waals surface area contributed by atoms with E-state index in [1.807, 2.05) is 0 Å². The van der Waals surface area contributed by atoms with E-state index in [-0.39, 0.29) is 0 Å². The van der Waals surface area contributed by atoms with Gasteiger partial charge < -0.3 is 0 Å². The number of benzene rings is 6. The predicted molar refractivity (Wildman–Crippen MR) is 183 cm³/mol. The fourth-order valence-electron chi connectivity index (χ4n) is 7.03. The first kappa shape index (κ1) is 26.4. The van der Waals surface area contributed by atoms with Gasteiger partial charge in [0.1, 0.15) is 0 Å². The molecule has 0 N–H and O–H groups in total. The molecule has 0 saturated carbocycles. The van der Waals surface area contributed by atoms with E-state index in [0.717, 1.165) is 0 Å². The molecule has 0 nitrogen and oxygen atoms in total. The summed E-state index contributed by atoms with van der Waals surface area (Å²) in [6.45, 7) is 2.58. The van der Waals surface area contributed by atoms with Crippen LogP contribution in [0.5, 0.6) is 0 Å². The van der Waals surface area contributed by atoms with E-state index < -0.39 is 14.5 Å². The molecule has 6 rings (SSSR count). The predicted octanol–water partition coefficient (Wildman–Crippen LogP) is 6.79. The van der Waals surface area contributed by atoms with Crippen molar-refractivity contribution in [2.75, 3.05) is 0 Å². The summed E-state index contributed by atoms with van der Waals surface area (Å²) < 4.78 is 0. The molecule has 0 aliphatic carbocycles. The van der Waals surface area contributed by atoms with Crippen molar-refractivity contribution in [3.05, 3.63) is 182 Å². The molecule has 2 heteroatoms. The molecule has 6 aromatic rings. The molecule has 0 spiro atoms. The van der Waals surface area contributed by atoms with Crippen molar-refractivity contribution in [2.45, 2.75) is 12.3 Å². The summed E-state index contributed by atoms with van der Waals surface area (Å²) in [5.41, 5.74) is 0. The van der Waals surface area contributed by atoms with Gasteiger partial charge in [-0.05, 0) is 0 Å².